The third-order valence-electron chi connectivity index (χ3n) is 5.26. The molecule has 1 aliphatic rings. The predicted octanol–water partition coefficient (Wildman–Crippen LogP) is 5.74. The minimum absolute atomic E-state index is 0.107. The van der Waals surface area contributed by atoms with E-state index >= 15 is 0 Å². The lowest BCUT2D eigenvalue weighted by Crippen LogP contribution is -2.40. The molecule has 33 heavy (non-hydrogen) atoms. The van der Waals surface area contributed by atoms with Crippen LogP contribution in [-0.4, -0.2) is 31.7 Å². The van der Waals surface area contributed by atoms with Gasteiger partial charge in [0, 0.05) is 29.1 Å². The molecule has 4 rings (SSSR count). The Bertz CT molecular complexity index is 1290. The molecule has 0 amide bonds. The summed E-state index contributed by atoms with van der Waals surface area (Å²) in [6.07, 6.45) is -0.245. The molecule has 1 aliphatic heterocycles. The molecule has 2 heterocycles. The summed E-state index contributed by atoms with van der Waals surface area (Å²) in [5, 5.41) is 1.01. The van der Waals surface area contributed by atoms with Crippen LogP contribution in [0.1, 0.15) is 12.8 Å². The predicted molar refractivity (Wildman–Crippen MR) is 111 cm³/mol. The standard InChI is InChI=1S/C20H13ClF6N2O2S2/c21-10-5-9(6-11(22)7-10)13-8-32-20(28-13)29-3-1-12(2-4-29)33(30,31)19-17(26)15(24)14(23)16(25)18(19)27/h5-8,12H,1-4H2. The maximum absolute atomic E-state index is 14.1. The van der Waals surface area contributed by atoms with Crippen LogP contribution >= 0.6 is 22.9 Å². The highest BCUT2D eigenvalue weighted by molar-refractivity contribution is 7.92. The van der Waals surface area contributed by atoms with Crippen molar-refractivity contribution >= 4 is 37.9 Å². The first-order chi connectivity index (χ1) is 15.5. The molecular formula is C20H13ClF6N2O2S2. The number of benzene rings is 2. The minimum Gasteiger partial charge on any atom is -0.348 e. The van der Waals surface area contributed by atoms with Crippen LogP contribution < -0.4 is 4.90 Å². The number of sulfone groups is 1. The van der Waals surface area contributed by atoms with Crippen LogP contribution in [0.2, 0.25) is 5.02 Å². The fourth-order valence-electron chi connectivity index (χ4n) is 3.60. The molecule has 3 aromatic rings. The highest BCUT2D eigenvalue weighted by atomic mass is 35.5. The van der Waals surface area contributed by atoms with Crippen LogP contribution in [0, 0.1) is 34.9 Å². The molecule has 2 aromatic carbocycles. The summed E-state index contributed by atoms with van der Waals surface area (Å²) in [6, 6.07) is 3.94. The molecule has 0 bridgehead atoms. The van der Waals surface area contributed by atoms with Crippen LogP contribution in [-0.2, 0) is 9.84 Å². The van der Waals surface area contributed by atoms with Gasteiger partial charge in [-0.25, -0.2) is 39.7 Å². The third-order valence-corrected chi connectivity index (χ3v) is 8.65. The number of nitrogens with zero attached hydrogens (tertiary/aromatic N) is 2. The van der Waals surface area contributed by atoms with Crippen LogP contribution in [0.15, 0.2) is 28.5 Å². The van der Waals surface area contributed by atoms with Gasteiger partial charge in [0.05, 0.1) is 10.9 Å². The van der Waals surface area contributed by atoms with Gasteiger partial charge in [-0.2, -0.15) is 0 Å². The summed E-state index contributed by atoms with van der Waals surface area (Å²) in [5.41, 5.74) is 0.902. The van der Waals surface area contributed by atoms with E-state index in [1.54, 1.807) is 10.3 Å². The number of anilines is 1. The molecule has 0 N–H and O–H groups in total. The van der Waals surface area contributed by atoms with Gasteiger partial charge in [-0.3, -0.25) is 0 Å². The Hall–Kier alpha value is -2.31. The van der Waals surface area contributed by atoms with Gasteiger partial charge in [0.1, 0.15) is 10.7 Å². The molecule has 1 fully saturated rings. The number of thiazole rings is 1. The normalized spacial score (nSPS) is 15.3. The van der Waals surface area contributed by atoms with E-state index in [2.05, 4.69) is 4.98 Å². The molecule has 0 unspecified atom stereocenters. The topological polar surface area (TPSA) is 50.3 Å². The molecule has 0 saturated carbocycles. The zero-order valence-electron chi connectivity index (χ0n) is 16.4. The van der Waals surface area contributed by atoms with E-state index in [9.17, 15) is 34.8 Å². The maximum atomic E-state index is 14.1. The molecule has 1 aromatic heterocycles. The lowest BCUT2D eigenvalue weighted by atomic mass is 10.1. The van der Waals surface area contributed by atoms with Gasteiger partial charge < -0.3 is 4.90 Å². The van der Waals surface area contributed by atoms with E-state index in [1.807, 2.05) is 0 Å². The second-order valence-corrected chi connectivity index (χ2v) is 10.7. The Labute approximate surface area is 193 Å². The lowest BCUT2D eigenvalue weighted by Gasteiger charge is -2.31. The molecule has 176 valence electrons. The summed E-state index contributed by atoms with van der Waals surface area (Å²) in [4.78, 5) is 4.32. The first-order valence-electron chi connectivity index (χ1n) is 9.43. The summed E-state index contributed by atoms with van der Waals surface area (Å²) in [7, 11) is -4.83. The monoisotopic (exact) mass is 526 g/mol. The molecule has 0 radical (unpaired) electrons. The summed E-state index contributed by atoms with van der Waals surface area (Å²) >= 11 is 7.08. The van der Waals surface area contributed by atoms with Crippen molar-refractivity contribution in [3.8, 4) is 11.3 Å². The van der Waals surface area contributed by atoms with Gasteiger partial charge >= 0.3 is 0 Å². The minimum atomic E-state index is -4.83. The van der Waals surface area contributed by atoms with Crippen LogP contribution in [0.3, 0.4) is 0 Å². The van der Waals surface area contributed by atoms with Gasteiger partial charge in [0.15, 0.2) is 38.2 Å². The largest absolute Gasteiger partial charge is 0.348 e. The van der Waals surface area contributed by atoms with Crippen LogP contribution in [0.25, 0.3) is 11.3 Å². The number of piperidine rings is 1. The zero-order valence-corrected chi connectivity index (χ0v) is 18.8. The average molecular weight is 527 g/mol. The van der Waals surface area contributed by atoms with E-state index in [0.29, 0.717) is 16.4 Å². The van der Waals surface area contributed by atoms with Crippen molar-refractivity contribution in [3.63, 3.8) is 0 Å². The number of halogens is 7. The van der Waals surface area contributed by atoms with Gasteiger partial charge in [-0.1, -0.05) is 11.6 Å². The average Bonchev–Trinajstić information content (AvgIpc) is 3.26. The third kappa shape index (κ3) is 4.31. The van der Waals surface area contributed by atoms with E-state index in [-0.39, 0.29) is 31.0 Å². The van der Waals surface area contributed by atoms with E-state index < -0.39 is 54.9 Å². The van der Waals surface area contributed by atoms with E-state index in [0.717, 1.165) is 6.07 Å². The zero-order chi connectivity index (χ0) is 24.1. The molecule has 1 saturated heterocycles. The van der Waals surface area contributed by atoms with Gasteiger partial charge in [-0.05, 0) is 31.0 Å². The van der Waals surface area contributed by atoms with Crippen molar-refractivity contribution in [2.75, 3.05) is 18.0 Å². The fourth-order valence-corrected chi connectivity index (χ4v) is 6.56. The number of aromatic nitrogens is 1. The Morgan fingerprint density at radius 3 is 2.06 bits per heavy atom. The number of hydrogen-bond donors (Lipinski definition) is 0. The van der Waals surface area contributed by atoms with E-state index in [4.69, 9.17) is 11.6 Å². The quantitative estimate of drug-likeness (QED) is 0.188. The van der Waals surface area contributed by atoms with Crippen LogP contribution in [0.5, 0.6) is 0 Å². The van der Waals surface area contributed by atoms with Crippen molar-refractivity contribution in [1.82, 2.24) is 4.98 Å². The van der Waals surface area contributed by atoms with Crippen molar-refractivity contribution in [1.29, 1.82) is 0 Å². The second kappa shape index (κ2) is 8.80. The second-order valence-electron chi connectivity index (χ2n) is 7.30. The maximum Gasteiger partial charge on any atom is 0.200 e. The summed E-state index contributed by atoms with van der Waals surface area (Å²) in [6.45, 7) is 0.215. The highest BCUT2D eigenvalue weighted by Crippen LogP contribution is 2.35. The summed E-state index contributed by atoms with van der Waals surface area (Å²) in [5.74, 6) is -12.3. The summed E-state index contributed by atoms with van der Waals surface area (Å²) < 4.78 is 107. The Morgan fingerprint density at radius 2 is 1.48 bits per heavy atom. The molecule has 4 nitrogen and oxygen atoms in total. The number of rotatable bonds is 4. The van der Waals surface area contributed by atoms with Crippen molar-refractivity contribution in [3.05, 3.63) is 63.5 Å². The van der Waals surface area contributed by atoms with Crippen LogP contribution in [0.4, 0.5) is 31.5 Å². The highest BCUT2D eigenvalue weighted by Gasteiger charge is 2.39. The number of hydrogen-bond acceptors (Lipinski definition) is 5. The lowest BCUT2D eigenvalue weighted by molar-refractivity contribution is 0.356. The smallest absolute Gasteiger partial charge is 0.200 e. The first kappa shape index (κ1) is 23.8. The fraction of sp³-hybridized carbons (Fsp3) is 0.250. The first-order valence-corrected chi connectivity index (χ1v) is 12.2. The molecule has 0 spiro atoms. The Kier molecular flexibility index (Phi) is 6.36. The van der Waals surface area contributed by atoms with Crippen molar-refractivity contribution in [2.45, 2.75) is 23.0 Å². The van der Waals surface area contributed by atoms with Gasteiger partial charge in [0.2, 0.25) is 5.82 Å². The SMILES string of the molecule is O=S(=O)(c1c(F)c(F)c(F)c(F)c1F)C1CCN(c2nc(-c3cc(F)cc(Cl)c3)cs2)CC1. The van der Waals surface area contributed by atoms with Gasteiger partial charge in [-0.15, -0.1) is 11.3 Å². The molecular weight excluding hydrogens is 514 g/mol. The van der Waals surface area contributed by atoms with Crippen molar-refractivity contribution < 1.29 is 34.8 Å². The molecule has 0 atom stereocenters. The molecule has 13 heteroatoms. The Morgan fingerprint density at radius 1 is 0.909 bits per heavy atom. The van der Waals surface area contributed by atoms with E-state index in [1.165, 1.54) is 23.5 Å². The van der Waals surface area contributed by atoms with Crippen molar-refractivity contribution in [2.24, 2.45) is 0 Å². The molecule has 0 aliphatic carbocycles. The van der Waals surface area contributed by atoms with Gasteiger partial charge in [0.25, 0.3) is 0 Å². The Balaban J connectivity index is 1.54.